The van der Waals surface area contributed by atoms with Crippen LogP contribution in [0.25, 0.3) is 11.4 Å². The number of thioether (sulfide) groups is 1. The average Bonchev–Trinajstić information content (AvgIpc) is 2.95. The van der Waals surface area contributed by atoms with Crippen LogP contribution in [0.15, 0.2) is 23.4 Å². The van der Waals surface area contributed by atoms with Crippen molar-refractivity contribution >= 4 is 29.3 Å². The van der Waals surface area contributed by atoms with Gasteiger partial charge in [-0.25, -0.2) is 0 Å². The zero-order chi connectivity index (χ0) is 17.8. The van der Waals surface area contributed by atoms with Crippen molar-refractivity contribution in [2.75, 3.05) is 5.75 Å². The van der Waals surface area contributed by atoms with Crippen molar-refractivity contribution < 1.29 is 4.79 Å². The number of halogens is 1. The molecule has 0 saturated heterocycles. The number of aryl methyl sites for hydroxylation is 1. The van der Waals surface area contributed by atoms with Gasteiger partial charge in [-0.3, -0.25) is 4.79 Å². The lowest BCUT2D eigenvalue weighted by Crippen LogP contribution is -2.37. The van der Waals surface area contributed by atoms with Crippen LogP contribution in [0.3, 0.4) is 0 Å². The number of aromatic nitrogens is 3. The van der Waals surface area contributed by atoms with Crippen molar-refractivity contribution in [1.82, 2.24) is 20.1 Å². The maximum Gasteiger partial charge on any atom is 0.230 e. The minimum atomic E-state index is 0.0646. The Morgan fingerprint density at radius 2 is 2.08 bits per heavy atom. The van der Waals surface area contributed by atoms with Gasteiger partial charge < -0.3 is 9.88 Å². The third kappa shape index (κ3) is 4.55. The predicted molar refractivity (Wildman–Crippen MR) is 102 cm³/mol. The van der Waals surface area contributed by atoms with Gasteiger partial charge in [0.25, 0.3) is 0 Å². The minimum absolute atomic E-state index is 0.0646. The molecule has 1 aromatic heterocycles. The lowest BCUT2D eigenvalue weighted by atomic mass is 9.95. The number of rotatable bonds is 5. The first-order chi connectivity index (χ1) is 12.0. The lowest BCUT2D eigenvalue weighted by Gasteiger charge is -2.22. The van der Waals surface area contributed by atoms with Crippen LogP contribution < -0.4 is 5.32 Å². The van der Waals surface area contributed by atoms with Gasteiger partial charge in [0.15, 0.2) is 11.0 Å². The molecule has 1 saturated carbocycles. The summed E-state index contributed by atoms with van der Waals surface area (Å²) in [6.45, 7) is 2.00. The number of hydrogen-bond donors (Lipinski definition) is 1. The van der Waals surface area contributed by atoms with Crippen LogP contribution in [-0.2, 0) is 11.8 Å². The highest BCUT2D eigenvalue weighted by molar-refractivity contribution is 7.99. The van der Waals surface area contributed by atoms with Gasteiger partial charge in [-0.2, -0.15) is 0 Å². The van der Waals surface area contributed by atoms with E-state index in [-0.39, 0.29) is 5.91 Å². The number of benzene rings is 1. The zero-order valence-corrected chi connectivity index (χ0v) is 16.2. The van der Waals surface area contributed by atoms with Crippen LogP contribution in [0.4, 0.5) is 0 Å². The molecule has 1 aliphatic rings. The molecule has 0 unspecified atom stereocenters. The molecule has 1 aromatic carbocycles. The topological polar surface area (TPSA) is 59.8 Å². The van der Waals surface area contributed by atoms with Crippen LogP contribution in [-0.4, -0.2) is 32.5 Å². The van der Waals surface area contributed by atoms with Crippen LogP contribution in [0, 0.1) is 6.92 Å². The highest BCUT2D eigenvalue weighted by atomic mass is 35.5. The Morgan fingerprint density at radius 3 is 2.80 bits per heavy atom. The predicted octanol–water partition coefficient (Wildman–Crippen LogP) is 3.98. The number of carbonyl (C=O) groups excluding carboxylic acids is 1. The first-order valence-electron chi connectivity index (χ1n) is 8.62. The number of nitrogens with one attached hydrogen (secondary N) is 1. The second-order valence-electron chi connectivity index (χ2n) is 6.54. The van der Waals surface area contributed by atoms with Gasteiger partial charge in [-0.1, -0.05) is 48.7 Å². The van der Waals surface area contributed by atoms with Crippen molar-refractivity contribution in [3.8, 4) is 11.4 Å². The maximum atomic E-state index is 12.2. The van der Waals surface area contributed by atoms with Crippen LogP contribution in [0.5, 0.6) is 0 Å². The summed E-state index contributed by atoms with van der Waals surface area (Å²) in [5.41, 5.74) is 1.95. The van der Waals surface area contributed by atoms with Gasteiger partial charge in [-0.15, -0.1) is 10.2 Å². The van der Waals surface area contributed by atoms with E-state index in [1.807, 2.05) is 36.7 Å². The molecule has 1 amide bonds. The molecule has 2 aromatic rings. The van der Waals surface area contributed by atoms with Gasteiger partial charge in [-0.05, 0) is 37.5 Å². The van der Waals surface area contributed by atoms with E-state index in [1.165, 1.54) is 31.0 Å². The van der Waals surface area contributed by atoms with Crippen molar-refractivity contribution in [3.05, 3.63) is 28.8 Å². The smallest absolute Gasteiger partial charge is 0.230 e. The normalized spacial score (nSPS) is 15.3. The Labute approximate surface area is 157 Å². The van der Waals surface area contributed by atoms with Crippen molar-refractivity contribution in [2.45, 2.75) is 50.2 Å². The van der Waals surface area contributed by atoms with E-state index in [1.54, 1.807) is 0 Å². The molecule has 1 N–H and O–H groups in total. The van der Waals surface area contributed by atoms with E-state index in [9.17, 15) is 4.79 Å². The highest BCUT2D eigenvalue weighted by Crippen LogP contribution is 2.29. The molecule has 0 bridgehead atoms. The molecule has 134 valence electrons. The number of carbonyl (C=O) groups is 1. The average molecular weight is 379 g/mol. The largest absolute Gasteiger partial charge is 0.353 e. The van der Waals surface area contributed by atoms with E-state index >= 15 is 0 Å². The molecule has 25 heavy (non-hydrogen) atoms. The molecule has 3 rings (SSSR count). The molecule has 0 atom stereocenters. The summed E-state index contributed by atoms with van der Waals surface area (Å²) < 4.78 is 1.88. The third-order valence-electron chi connectivity index (χ3n) is 4.50. The summed E-state index contributed by atoms with van der Waals surface area (Å²) in [5.74, 6) is 1.12. The standard InChI is InChI=1S/C18H23ClN4OS/c1-12-8-9-14(15(19)10-12)17-21-22-18(23(17)2)25-11-16(24)20-13-6-4-3-5-7-13/h8-10,13H,3-7,11H2,1-2H3,(H,20,24). The van der Waals surface area contributed by atoms with Crippen molar-refractivity contribution in [1.29, 1.82) is 0 Å². The summed E-state index contributed by atoms with van der Waals surface area (Å²) in [4.78, 5) is 12.2. The van der Waals surface area contributed by atoms with Gasteiger partial charge in [0, 0.05) is 18.7 Å². The van der Waals surface area contributed by atoms with E-state index in [0.29, 0.717) is 27.8 Å². The van der Waals surface area contributed by atoms with Crippen LogP contribution in [0.1, 0.15) is 37.7 Å². The molecular weight excluding hydrogens is 356 g/mol. The maximum absolute atomic E-state index is 12.2. The molecule has 1 fully saturated rings. The highest BCUT2D eigenvalue weighted by Gasteiger charge is 2.18. The molecule has 5 nitrogen and oxygen atoms in total. The molecule has 0 spiro atoms. The monoisotopic (exact) mass is 378 g/mol. The second-order valence-corrected chi connectivity index (χ2v) is 7.89. The third-order valence-corrected chi connectivity index (χ3v) is 5.84. The first-order valence-corrected chi connectivity index (χ1v) is 9.99. The van der Waals surface area contributed by atoms with Crippen LogP contribution >= 0.6 is 23.4 Å². The van der Waals surface area contributed by atoms with E-state index in [0.717, 1.165) is 24.0 Å². The molecular formula is C18H23ClN4OS. The Hall–Kier alpha value is -1.53. The number of hydrogen-bond acceptors (Lipinski definition) is 4. The van der Waals surface area contributed by atoms with Crippen molar-refractivity contribution in [2.24, 2.45) is 7.05 Å². The Kier molecular flexibility index (Phi) is 6.02. The molecule has 0 radical (unpaired) electrons. The first kappa shape index (κ1) is 18.3. The Bertz CT molecular complexity index is 756. The van der Waals surface area contributed by atoms with Crippen molar-refractivity contribution in [3.63, 3.8) is 0 Å². The summed E-state index contributed by atoms with van der Waals surface area (Å²) in [7, 11) is 1.90. The summed E-state index contributed by atoms with van der Waals surface area (Å²) >= 11 is 7.73. The zero-order valence-electron chi connectivity index (χ0n) is 14.6. The van der Waals surface area contributed by atoms with Gasteiger partial charge in [0.1, 0.15) is 0 Å². The fourth-order valence-corrected chi connectivity index (χ4v) is 4.16. The molecule has 1 heterocycles. The van der Waals surface area contributed by atoms with E-state index < -0.39 is 0 Å². The van der Waals surface area contributed by atoms with Gasteiger partial charge >= 0.3 is 0 Å². The quantitative estimate of drug-likeness (QED) is 0.799. The van der Waals surface area contributed by atoms with E-state index in [4.69, 9.17) is 11.6 Å². The number of nitrogens with zero attached hydrogens (tertiary/aromatic N) is 3. The Morgan fingerprint density at radius 1 is 1.32 bits per heavy atom. The second kappa shape index (κ2) is 8.23. The fourth-order valence-electron chi connectivity index (χ4n) is 3.12. The number of amides is 1. The SMILES string of the molecule is Cc1ccc(-c2nnc(SCC(=O)NC3CCCCC3)n2C)c(Cl)c1. The van der Waals surface area contributed by atoms with E-state index in [2.05, 4.69) is 15.5 Å². The molecule has 1 aliphatic carbocycles. The summed E-state index contributed by atoms with van der Waals surface area (Å²) in [6, 6.07) is 6.20. The molecule has 0 aliphatic heterocycles. The minimum Gasteiger partial charge on any atom is -0.353 e. The van der Waals surface area contributed by atoms with Crippen LogP contribution in [0.2, 0.25) is 5.02 Å². The summed E-state index contributed by atoms with van der Waals surface area (Å²) in [6.07, 6.45) is 5.89. The Balaban J connectivity index is 1.62. The molecule has 7 heteroatoms. The lowest BCUT2D eigenvalue weighted by molar-refractivity contribution is -0.119. The fraction of sp³-hybridized carbons (Fsp3) is 0.500. The van der Waals surface area contributed by atoms with Gasteiger partial charge in [0.05, 0.1) is 10.8 Å². The van der Waals surface area contributed by atoms with Gasteiger partial charge in [0.2, 0.25) is 5.91 Å². The summed E-state index contributed by atoms with van der Waals surface area (Å²) in [5, 5.41) is 12.9.